The topological polar surface area (TPSA) is 71.8 Å². The van der Waals surface area contributed by atoms with E-state index in [0.29, 0.717) is 27.8 Å². The van der Waals surface area contributed by atoms with Gasteiger partial charge in [-0.25, -0.2) is 13.6 Å². The summed E-state index contributed by atoms with van der Waals surface area (Å²) in [6.07, 6.45) is 0. The smallest absolute Gasteiger partial charge is 0.319 e. The van der Waals surface area contributed by atoms with Crippen LogP contribution >= 0.6 is 23.4 Å². The van der Waals surface area contributed by atoms with Crippen molar-refractivity contribution in [1.82, 2.24) is 20.1 Å². The van der Waals surface area contributed by atoms with Gasteiger partial charge < -0.3 is 10.6 Å². The average Bonchev–Trinajstić information content (AvgIpc) is 3.25. The molecule has 1 atom stereocenters. The lowest BCUT2D eigenvalue weighted by Gasteiger charge is -2.18. The lowest BCUT2D eigenvalue weighted by atomic mass is 10.2. The average molecular weight is 528 g/mol. The van der Waals surface area contributed by atoms with E-state index in [4.69, 9.17) is 11.6 Å². The van der Waals surface area contributed by atoms with E-state index in [1.807, 2.05) is 42.7 Å². The number of nitrogens with one attached hydrogen (secondary N) is 2. The number of rotatable bonds is 7. The first kappa shape index (κ1) is 25.7. The lowest BCUT2D eigenvalue weighted by molar-refractivity contribution is 0.248. The molecule has 4 aromatic rings. The zero-order chi connectivity index (χ0) is 25.8. The predicted molar refractivity (Wildman–Crippen MR) is 139 cm³/mol. The first-order valence-corrected chi connectivity index (χ1v) is 12.5. The number of amides is 2. The molecule has 1 heterocycles. The number of carbonyl (C=O) groups excluding carboxylic acids is 1. The summed E-state index contributed by atoms with van der Waals surface area (Å²) >= 11 is 7.82. The van der Waals surface area contributed by atoms with Crippen molar-refractivity contribution in [2.45, 2.75) is 37.7 Å². The van der Waals surface area contributed by atoms with Gasteiger partial charge in [-0.3, -0.25) is 4.57 Å². The number of carbonyl (C=O) groups is 1. The monoisotopic (exact) mass is 527 g/mol. The van der Waals surface area contributed by atoms with Crippen molar-refractivity contribution in [3.63, 3.8) is 0 Å². The summed E-state index contributed by atoms with van der Waals surface area (Å²) < 4.78 is 29.0. The van der Waals surface area contributed by atoms with Gasteiger partial charge in [0.25, 0.3) is 0 Å². The van der Waals surface area contributed by atoms with E-state index in [9.17, 15) is 13.6 Å². The van der Waals surface area contributed by atoms with Crippen molar-refractivity contribution in [1.29, 1.82) is 0 Å². The Hall–Kier alpha value is -3.43. The molecule has 4 rings (SSSR count). The molecule has 1 unspecified atom stereocenters. The third kappa shape index (κ3) is 6.03. The zero-order valence-corrected chi connectivity index (χ0v) is 21.4. The van der Waals surface area contributed by atoms with Crippen molar-refractivity contribution in [2.75, 3.05) is 5.32 Å². The number of hydrogen-bond acceptors (Lipinski definition) is 4. The highest BCUT2D eigenvalue weighted by molar-refractivity contribution is 7.98. The number of thioether (sulfide) groups is 1. The van der Waals surface area contributed by atoms with E-state index >= 15 is 0 Å². The molecule has 0 aliphatic carbocycles. The number of urea groups is 1. The highest BCUT2D eigenvalue weighted by atomic mass is 35.5. The van der Waals surface area contributed by atoms with Crippen molar-refractivity contribution in [3.8, 4) is 5.69 Å². The standard InChI is InChI=1S/C26H24ClF2N5OS/c1-15-5-4-6-18(11-15)14-36-26-33-32-24(34(26)23-12-19(27)8-7-16(23)2)17(3)30-25(35)31-22-10-9-20(28)13-21(22)29/h4-13,17H,14H2,1-3H3,(H2,30,31,35). The molecule has 1 aromatic heterocycles. The lowest BCUT2D eigenvalue weighted by Crippen LogP contribution is -2.33. The number of aromatic nitrogens is 3. The second-order valence-electron chi connectivity index (χ2n) is 8.33. The maximum Gasteiger partial charge on any atom is 0.319 e. The van der Waals surface area contributed by atoms with Crippen LogP contribution in [0.1, 0.15) is 35.5 Å². The van der Waals surface area contributed by atoms with Gasteiger partial charge in [0.2, 0.25) is 0 Å². The van der Waals surface area contributed by atoms with Crippen LogP contribution in [0.25, 0.3) is 5.69 Å². The third-order valence-corrected chi connectivity index (χ3v) is 6.67. The summed E-state index contributed by atoms with van der Waals surface area (Å²) in [5.74, 6) is -0.453. The Kier molecular flexibility index (Phi) is 7.91. The van der Waals surface area contributed by atoms with Gasteiger partial charge in [0, 0.05) is 16.8 Å². The Bertz CT molecular complexity index is 1410. The summed E-state index contributed by atoms with van der Waals surface area (Å²) in [4.78, 5) is 12.6. The molecule has 36 heavy (non-hydrogen) atoms. The number of aryl methyl sites for hydroxylation is 2. The van der Waals surface area contributed by atoms with E-state index in [2.05, 4.69) is 33.0 Å². The van der Waals surface area contributed by atoms with Gasteiger partial charge in [0.1, 0.15) is 11.6 Å². The molecule has 0 aliphatic rings. The molecule has 10 heteroatoms. The minimum atomic E-state index is -0.870. The molecule has 0 saturated heterocycles. The molecule has 186 valence electrons. The maximum absolute atomic E-state index is 14.0. The molecule has 2 amide bonds. The molecule has 3 aromatic carbocycles. The Labute approximate surface area is 217 Å². The SMILES string of the molecule is Cc1cccc(CSc2nnc(C(C)NC(=O)Nc3ccc(F)cc3F)n2-c2cc(Cl)ccc2C)c1. The summed E-state index contributed by atoms with van der Waals surface area (Å²) in [7, 11) is 0. The molecule has 0 radical (unpaired) electrons. The van der Waals surface area contributed by atoms with Gasteiger partial charge in [0.15, 0.2) is 11.0 Å². The number of hydrogen-bond donors (Lipinski definition) is 2. The largest absolute Gasteiger partial charge is 0.328 e. The Morgan fingerprint density at radius 2 is 1.89 bits per heavy atom. The van der Waals surface area contributed by atoms with Crippen molar-refractivity contribution < 1.29 is 13.6 Å². The van der Waals surface area contributed by atoms with Gasteiger partial charge in [-0.1, -0.05) is 59.3 Å². The maximum atomic E-state index is 14.0. The van der Waals surface area contributed by atoms with Crippen LogP contribution < -0.4 is 10.6 Å². The second-order valence-corrected chi connectivity index (χ2v) is 9.71. The van der Waals surface area contributed by atoms with Crippen LogP contribution in [0.5, 0.6) is 0 Å². The van der Waals surface area contributed by atoms with Gasteiger partial charge in [0.05, 0.1) is 17.4 Å². The molecule has 0 aliphatic heterocycles. The van der Waals surface area contributed by atoms with Crippen LogP contribution in [0.2, 0.25) is 5.02 Å². The summed E-state index contributed by atoms with van der Waals surface area (Å²) in [5, 5.41) is 15.1. The van der Waals surface area contributed by atoms with Crippen LogP contribution in [0.4, 0.5) is 19.3 Å². The molecular weight excluding hydrogens is 504 g/mol. The summed E-state index contributed by atoms with van der Waals surface area (Å²) in [6.45, 7) is 5.74. The number of benzene rings is 3. The summed E-state index contributed by atoms with van der Waals surface area (Å²) in [6, 6.07) is 15.4. The van der Waals surface area contributed by atoms with Crippen molar-refractivity contribution >= 4 is 35.1 Å². The Morgan fingerprint density at radius 1 is 1.08 bits per heavy atom. The van der Waals surface area contributed by atoms with Crippen LogP contribution in [0.15, 0.2) is 65.8 Å². The number of nitrogens with zero attached hydrogens (tertiary/aromatic N) is 3. The van der Waals surface area contributed by atoms with Gasteiger partial charge in [-0.2, -0.15) is 0 Å². The van der Waals surface area contributed by atoms with Crippen LogP contribution in [0, 0.1) is 25.5 Å². The summed E-state index contributed by atoms with van der Waals surface area (Å²) in [5.41, 5.74) is 3.91. The van der Waals surface area contributed by atoms with Crippen molar-refractivity contribution in [3.05, 3.63) is 99.8 Å². The van der Waals surface area contributed by atoms with Crippen molar-refractivity contribution in [2.24, 2.45) is 0 Å². The highest BCUT2D eigenvalue weighted by Gasteiger charge is 2.23. The molecule has 0 saturated carbocycles. The van der Waals surface area contributed by atoms with E-state index < -0.39 is 23.7 Å². The minimum Gasteiger partial charge on any atom is -0.328 e. The highest BCUT2D eigenvalue weighted by Crippen LogP contribution is 2.30. The number of anilines is 1. The first-order chi connectivity index (χ1) is 17.2. The Balaban J connectivity index is 1.61. The fraction of sp³-hybridized carbons (Fsp3) is 0.192. The molecular formula is C26H24ClF2N5OS. The zero-order valence-electron chi connectivity index (χ0n) is 19.8. The van der Waals surface area contributed by atoms with Crippen LogP contribution in [0.3, 0.4) is 0 Å². The van der Waals surface area contributed by atoms with Crippen LogP contribution in [-0.2, 0) is 5.75 Å². The molecule has 0 spiro atoms. The third-order valence-electron chi connectivity index (χ3n) is 5.44. The molecule has 6 nitrogen and oxygen atoms in total. The molecule has 2 N–H and O–H groups in total. The fourth-order valence-electron chi connectivity index (χ4n) is 3.67. The van der Waals surface area contributed by atoms with E-state index in [1.54, 1.807) is 13.0 Å². The first-order valence-electron chi connectivity index (χ1n) is 11.1. The normalized spacial score (nSPS) is 11.8. The van der Waals surface area contributed by atoms with Gasteiger partial charge in [-0.15, -0.1) is 10.2 Å². The van der Waals surface area contributed by atoms with Crippen LogP contribution in [-0.4, -0.2) is 20.8 Å². The van der Waals surface area contributed by atoms with Gasteiger partial charge >= 0.3 is 6.03 Å². The number of halogens is 3. The molecule has 0 bridgehead atoms. The van der Waals surface area contributed by atoms with E-state index in [0.717, 1.165) is 28.9 Å². The fourth-order valence-corrected chi connectivity index (χ4v) is 4.73. The van der Waals surface area contributed by atoms with E-state index in [1.165, 1.54) is 17.3 Å². The minimum absolute atomic E-state index is 0.136. The second kappa shape index (κ2) is 11.1. The Morgan fingerprint density at radius 3 is 2.64 bits per heavy atom. The quantitative estimate of drug-likeness (QED) is 0.254. The van der Waals surface area contributed by atoms with E-state index in [-0.39, 0.29) is 5.69 Å². The predicted octanol–water partition coefficient (Wildman–Crippen LogP) is 6.99. The molecule has 0 fully saturated rings. The van der Waals surface area contributed by atoms with Gasteiger partial charge in [-0.05, 0) is 56.2 Å².